The molecule has 0 aromatic carbocycles. The Hall–Kier alpha value is -0.790. The van der Waals surface area contributed by atoms with Gasteiger partial charge in [0.2, 0.25) is 0 Å². The number of hydrogen-bond donors (Lipinski definition) is 0. The Morgan fingerprint density at radius 3 is 2.47 bits per heavy atom. The first-order chi connectivity index (χ1) is 8.33. The van der Waals surface area contributed by atoms with Gasteiger partial charge in [-0.1, -0.05) is 43.8 Å². The molecule has 1 atom stereocenters. The molecule has 0 N–H and O–H groups in total. The Kier molecular flexibility index (Phi) is 7.78. The molecule has 1 aliphatic rings. The van der Waals surface area contributed by atoms with Gasteiger partial charge in [-0.15, -0.1) is 0 Å². The molecule has 0 spiro atoms. The molecular weight excluding hydrogens is 212 g/mol. The molecule has 0 heterocycles. The Morgan fingerprint density at radius 2 is 1.76 bits per heavy atom. The minimum atomic E-state index is 0.101. The first kappa shape index (κ1) is 14.3. The zero-order valence-electron chi connectivity index (χ0n) is 11.1. The average Bonchev–Trinajstić information content (AvgIpc) is 2.32. The van der Waals surface area contributed by atoms with Gasteiger partial charge < -0.3 is 4.74 Å². The summed E-state index contributed by atoms with van der Waals surface area (Å²) in [6.45, 7) is 2.76. The maximum absolute atomic E-state index is 10.5. The molecule has 2 nitrogen and oxygen atoms in total. The van der Waals surface area contributed by atoms with Crippen molar-refractivity contribution < 1.29 is 9.53 Å². The van der Waals surface area contributed by atoms with Crippen molar-refractivity contribution in [3.8, 4) is 0 Å². The molecule has 1 aliphatic carbocycles. The fourth-order valence-electron chi connectivity index (χ4n) is 2.49. The van der Waals surface area contributed by atoms with Crippen molar-refractivity contribution in [1.82, 2.24) is 0 Å². The van der Waals surface area contributed by atoms with Crippen molar-refractivity contribution in [2.24, 2.45) is 0 Å². The van der Waals surface area contributed by atoms with E-state index in [9.17, 15) is 4.79 Å². The lowest BCUT2D eigenvalue weighted by Gasteiger charge is -2.15. The molecule has 98 valence electrons. The minimum absolute atomic E-state index is 0.101. The fraction of sp³-hybridized carbons (Fsp3) is 0.800. The quantitative estimate of drug-likeness (QED) is 0.527. The van der Waals surface area contributed by atoms with Crippen LogP contribution in [0, 0.1) is 0 Å². The normalized spacial score (nSPS) is 27.8. The third kappa shape index (κ3) is 7.19. The van der Waals surface area contributed by atoms with Crippen LogP contribution in [0.15, 0.2) is 11.6 Å². The van der Waals surface area contributed by atoms with Crippen LogP contribution in [0.5, 0.6) is 0 Å². The number of allylic oxidation sites excluding steroid dienone is 1. The molecule has 17 heavy (non-hydrogen) atoms. The highest BCUT2D eigenvalue weighted by molar-refractivity contribution is 5.37. The SMILES string of the molecule is C/C1=C\CCCCCCCCCC(OC=O)C1. The third-order valence-corrected chi connectivity index (χ3v) is 3.52. The predicted molar refractivity (Wildman–Crippen MR) is 70.9 cm³/mol. The van der Waals surface area contributed by atoms with Gasteiger partial charge in [-0.2, -0.15) is 0 Å². The van der Waals surface area contributed by atoms with Crippen molar-refractivity contribution in [2.75, 3.05) is 0 Å². The monoisotopic (exact) mass is 238 g/mol. The molecule has 1 rings (SSSR count). The summed E-state index contributed by atoms with van der Waals surface area (Å²) in [7, 11) is 0. The molecular formula is C15H26O2. The standard InChI is InChI=1S/C15H26O2/c1-14-10-8-6-4-2-3-5-7-9-11-15(12-14)17-13-16/h10,13,15H,2-9,11-12H2,1H3/b14-10+. The van der Waals surface area contributed by atoms with Crippen molar-refractivity contribution in [3.63, 3.8) is 0 Å². The Morgan fingerprint density at radius 1 is 1.12 bits per heavy atom. The van der Waals surface area contributed by atoms with Crippen LogP contribution in [0.4, 0.5) is 0 Å². The minimum Gasteiger partial charge on any atom is -0.464 e. The molecule has 0 bridgehead atoms. The summed E-state index contributed by atoms with van der Waals surface area (Å²) in [5.41, 5.74) is 1.37. The molecule has 1 unspecified atom stereocenters. The molecule has 0 amide bonds. The molecule has 0 aromatic rings. The van der Waals surface area contributed by atoms with Crippen LogP contribution in [0.1, 0.15) is 71.1 Å². The van der Waals surface area contributed by atoms with Crippen molar-refractivity contribution >= 4 is 6.47 Å². The summed E-state index contributed by atoms with van der Waals surface area (Å²) >= 11 is 0. The smallest absolute Gasteiger partial charge is 0.293 e. The second-order valence-electron chi connectivity index (χ2n) is 5.16. The van der Waals surface area contributed by atoms with Gasteiger partial charge in [0, 0.05) is 6.42 Å². The molecule has 0 aromatic heterocycles. The van der Waals surface area contributed by atoms with E-state index in [2.05, 4.69) is 13.0 Å². The van der Waals surface area contributed by atoms with E-state index >= 15 is 0 Å². The molecule has 0 aliphatic heterocycles. The Labute approximate surface area is 105 Å². The van der Waals surface area contributed by atoms with E-state index < -0.39 is 0 Å². The largest absolute Gasteiger partial charge is 0.464 e. The maximum Gasteiger partial charge on any atom is 0.293 e. The van der Waals surface area contributed by atoms with Gasteiger partial charge in [-0.25, -0.2) is 0 Å². The van der Waals surface area contributed by atoms with Crippen LogP contribution in [-0.4, -0.2) is 12.6 Å². The number of rotatable bonds is 2. The number of carbonyl (C=O) groups is 1. The van der Waals surface area contributed by atoms with Gasteiger partial charge in [-0.3, -0.25) is 4.79 Å². The van der Waals surface area contributed by atoms with Crippen molar-refractivity contribution in [2.45, 2.75) is 77.2 Å². The van der Waals surface area contributed by atoms with E-state index in [0.717, 1.165) is 12.8 Å². The first-order valence-corrected chi connectivity index (χ1v) is 7.07. The van der Waals surface area contributed by atoms with E-state index in [-0.39, 0.29) is 6.10 Å². The summed E-state index contributed by atoms with van der Waals surface area (Å²) in [6, 6.07) is 0. The van der Waals surface area contributed by atoms with Gasteiger partial charge in [0.05, 0.1) is 0 Å². The van der Waals surface area contributed by atoms with E-state index in [4.69, 9.17) is 4.74 Å². The zero-order chi connectivity index (χ0) is 12.3. The highest BCUT2D eigenvalue weighted by Gasteiger charge is 2.10. The van der Waals surface area contributed by atoms with Crippen molar-refractivity contribution in [1.29, 1.82) is 0 Å². The summed E-state index contributed by atoms with van der Waals surface area (Å²) in [4.78, 5) is 10.5. The van der Waals surface area contributed by atoms with E-state index in [1.54, 1.807) is 0 Å². The highest BCUT2D eigenvalue weighted by atomic mass is 16.5. The lowest BCUT2D eigenvalue weighted by atomic mass is 10.0. The molecule has 0 saturated heterocycles. The van der Waals surface area contributed by atoms with Crippen LogP contribution >= 0.6 is 0 Å². The average molecular weight is 238 g/mol. The topological polar surface area (TPSA) is 26.3 Å². The van der Waals surface area contributed by atoms with Crippen LogP contribution in [0.3, 0.4) is 0 Å². The van der Waals surface area contributed by atoms with Gasteiger partial charge in [0.15, 0.2) is 0 Å². The summed E-state index contributed by atoms with van der Waals surface area (Å²) < 4.78 is 5.17. The molecule has 0 radical (unpaired) electrons. The lowest BCUT2D eigenvalue weighted by Crippen LogP contribution is -2.12. The summed E-state index contributed by atoms with van der Waals surface area (Å²) in [5, 5.41) is 0. The zero-order valence-corrected chi connectivity index (χ0v) is 11.1. The van der Waals surface area contributed by atoms with Gasteiger partial charge >= 0.3 is 0 Å². The van der Waals surface area contributed by atoms with Gasteiger partial charge in [0.25, 0.3) is 6.47 Å². The van der Waals surface area contributed by atoms with Gasteiger partial charge in [0.1, 0.15) is 6.10 Å². The predicted octanol–water partition coefficient (Wildman–Crippen LogP) is 4.39. The van der Waals surface area contributed by atoms with Crippen molar-refractivity contribution in [3.05, 3.63) is 11.6 Å². The maximum atomic E-state index is 10.5. The first-order valence-electron chi connectivity index (χ1n) is 7.07. The highest BCUT2D eigenvalue weighted by Crippen LogP contribution is 2.18. The Bertz CT molecular complexity index is 233. The van der Waals surface area contributed by atoms with Gasteiger partial charge in [-0.05, 0) is 32.6 Å². The number of hydrogen-bond acceptors (Lipinski definition) is 2. The molecule has 0 fully saturated rings. The van der Waals surface area contributed by atoms with E-state index in [1.165, 1.54) is 56.9 Å². The van der Waals surface area contributed by atoms with Crippen LogP contribution < -0.4 is 0 Å². The second-order valence-corrected chi connectivity index (χ2v) is 5.16. The van der Waals surface area contributed by atoms with E-state index in [0.29, 0.717) is 6.47 Å². The van der Waals surface area contributed by atoms with Crippen LogP contribution in [-0.2, 0) is 9.53 Å². The summed E-state index contributed by atoms with van der Waals surface area (Å²) in [5.74, 6) is 0. The summed E-state index contributed by atoms with van der Waals surface area (Å²) in [6.07, 6.45) is 14.7. The van der Waals surface area contributed by atoms with E-state index in [1.807, 2.05) is 0 Å². The lowest BCUT2D eigenvalue weighted by molar-refractivity contribution is -0.133. The number of carbonyl (C=O) groups excluding carboxylic acids is 1. The third-order valence-electron chi connectivity index (χ3n) is 3.52. The Balaban J connectivity index is 2.44. The molecule has 0 saturated carbocycles. The fourth-order valence-corrected chi connectivity index (χ4v) is 2.49. The van der Waals surface area contributed by atoms with Crippen LogP contribution in [0.25, 0.3) is 0 Å². The van der Waals surface area contributed by atoms with Crippen LogP contribution in [0.2, 0.25) is 0 Å². The number of ether oxygens (including phenoxy) is 1. The second kappa shape index (κ2) is 9.26. The molecule has 2 heteroatoms.